The van der Waals surface area contributed by atoms with E-state index in [0.29, 0.717) is 27.2 Å². The highest BCUT2D eigenvalue weighted by molar-refractivity contribution is 9.11. The normalized spacial score (nSPS) is 11.0. The average Bonchev–Trinajstić information content (AvgIpc) is 2.68. The molecule has 0 spiro atoms. The van der Waals surface area contributed by atoms with Crippen LogP contribution in [0.3, 0.4) is 0 Å². The van der Waals surface area contributed by atoms with Crippen molar-refractivity contribution in [1.29, 1.82) is 0 Å². The van der Waals surface area contributed by atoms with Crippen LogP contribution in [-0.4, -0.2) is 30.0 Å². The summed E-state index contributed by atoms with van der Waals surface area (Å²) in [6.07, 6.45) is -0.0177. The summed E-state index contributed by atoms with van der Waals surface area (Å²) in [5.41, 5.74) is 9.78. The molecule has 2 aromatic carbocycles. The maximum absolute atomic E-state index is 12.1. The van der Waals surface area contributed by atoms with Crippen LogP contribution in [0.15, 0.2) is 50.4 Å². The summed E-state index contributed by atoms with van der Waals surface area (Å²) in [5.74, 6) is -0.779. The number of hydrogen-bond acceptors (Lipinski definition) is 5. The largest absolute Gasteiger partial charge is 0.483 e. The number of nitrogens with one attached hydrogen (secondary N) is 2. The Morgan fingerprint density at radius 3 is 2.37 bits per heavy atom. The first-order valence-electron chi connectivity index (χ1n) is 8.76. The number of primary amides is 1. The Bertz CT molecular complexity index is 991. The number of halogens is 2. The van der Waals surface area contributed by atoms with E-state index in [4.69, 9.17) is 10.5 Å². The first-order chi connectivity index (χ1) is 14.2. The van der Waals surface area contributed by atoms with Crippen LogP contribution >= 0.6 is 31.9 Å². The van der Waals surface area contributed by atoms with Gasteiger partial charge in [-0.1, -0.05) is 15.9 Å². The number of anilines is 1. The van der Waals surface area contributed by atoms with Crippen molar-refractivity contribution in [2.24, 2.45) is 10.8 Å². The van der Waals surface area contributed by atoms with E-state index in [-0.39, 0.29) is 18.9 Å². The molecule has 158 valence electrons. The van der Waals surface area contributed by atoms with Gasteiger partial charge in [-0.05, 0) is 71.7 Å². The number of amides is 3. The molecule has 0 saturated carbocycles. The third-order valence-electron chi connectivity index (χ3n) is 3.81. The van der Waals surface area contributed by atoms with Crippen LogP contribution in [0.25, 0.3) is 0 Å². The molecule has 10 heteroatoms. The Labute approximate surface area is 190 Å². The fourth-order valence-corrected chi connectivity index (χ4v) is 3.38. The molecule has 2 aromatic rings. The predicted octanol–water partition coefficient (Wildman–Crippen LogP) is 3.52. The van der Waals surface area contributed by atoms with Crippen molar-refractivity contribution in [3.8, 4) is 5.75 Å². The minimum Gasteiger partial charge on any atom is -0.483 e. The molecule has 0 unspecified atom stereocenters. The number of rotatable bonds is 8. The van der Waals surface area contributed by atoms with Crippen LogP contribution in [0, 0.1) is 6.92 Å². The molecule has 0 atom stereocenters. The maximum Gasteiger partial charge on any atom is 0.277 e. The molecule has 0 fully saturated rings. The van der Waals surface area contributed by atoms with Crippen LogP contribution in [-0.2, 0) is 9.59 Å². The Morgan fingerprint density at radius 1 is 1.07 bits per heavy atom. The van der Waals surface area contributed by atoms with Crippen molar-refractivity contribution >= 4 is 61.0 Å². The lowest BCUT2D eigenvalue weighted by Gasteiger charge is -2.10. The smallest absolute Gasteiger partial charge is 0.277 e. The van der Waals surface area contributed by atoms with E-state index in [9.17, 15) is 14.4 Å². The number of nitrogens with zero attached hydrogens (tertiary/aromatic N) is 1. The quantitative estimate of drug-likeness (QED) is 0.351. The Hall–Kier alpha value is -2.72. The van der Waals surface area contributed by atoms with Gasteiger partial charge in [-0.2, -0.15) is 5.10 Å². The summed E-state index contributed by atoms with van der Waals surface area (Å²) < 4.78 is 7.13. The van der Waals surface area contributed by atoms with E-state index < -0.39 is 11.8 Å². The maximum atomic E-state index is 12.1. The van der Waals surface area contributed by atoms with Crippen LogP contribution in [0.4, 0.5) is 5.69 Å². The molecule has 3 amide bonds. The predicted molar refractivity (Wildman–Crippen MR) is 122 cm³/mol. The van der Waals surface area contributed by atoms with Gasteiger partial charge in [0.15, 0.2) is 6.61 Å². The first kappa shape index (κ1) is 23.6. The summed E-state index contributed by atoms with van der Waals surface area (Å²) in [7, 11) is 0. The van der Waals surface area contributed by atoms with Crippen molar-refractivity contribution < 1.29 is 19.1 Å². The van der Waals surface area contributed by atoms with Crippen LogP contribution in [0.1, 0.15) is 29.3 Å². The molecule has 0 saturated heterocycles. The molecule has 0 bridgehead atoms. The van der Waals surface area contributed by atoms with Crippen LogP contribution in [0.2, 0.25) is 0 Å². The van der Waals surface area contributed by atoms with E-state index in [2.05, 4.69) is 47.7 Å². The van der Waals surface area contributed by atoms with Gasteiger partial charge >= 0.3 is 0 Å². The molecule has 0 aliphatic carbocycles. The number of ether oxygens (including phenoxy) is 1. The highest BCUT2D eigenvalue weighted by atomic mass is 79.9. The summed E-state index contributed by atoms with van der Waals surface area (Å²) in [5, 5.41) is 6.58. The zero-order valence-electron chi connectivity index (χ0n) is 16.3. The summed E-state index contributed by atoms with van der Waals surface area (Å²) in [4.78, 5) is 35.1. The number of carbonyl (C=O) groups is 3. The van der Waals surface area contributed by atoms with E-state index in [1.54, 1.807) is 25.1 Å². The fourth-order valence-electron chi connectivity index (χ4n) is 2.27. The van der Waals surface area contributed by atoms with E-state index in [1.165, 1.54) is 12.1 Å². The van der Waals surface area contributed by atoms with Crippen LogP contribution in [0.5, 0.6) is 5.75 Å². The lowest BCUT2D eigenvalue weighted by Crippen LogP contribution is -2.26. The number of benzene rings is 2. The van der Waals surface area contributed by atoms with Gasteiger partial charge < -0.3 is 15.8 Å². The molecule has 0 heterocycles. The third-order valence-corrected chi connectivity index (χ3v) is 5.29. The Balaban J connectivity index is 1.81. The summed E-state index contributed by atoms with van der Waals surface area (Å²) in [6, 6.07) is 9.83. The minimum absolute atomic E-state index is 0.0177. The second kappa shape index (κ2) is 10.9. The molecule has 2 rings (SSSR count). The zero-order valence-corrected chi connectivity index (χ0v) is 19.5. The van der Waals surface area contributed by atoms with Gasteiger partial charge in [0.1, 0.15) is 5.75 Å². The number of carbonyl (C=O) groups excluding carboxylic acids is 3. The van der Waals surface area contributed by atoms with Crippen molar-refractivity contribution in [3.05, 3.63) is 56.5 Å². The van der Waals surface area contributed by atoms with Gasteiger partial charge in [0.25, 0.3) is 5.91 Å². The molecule has 0 aliphatic rings. The molecule has 4 N–H and O–H groups in total. The lowest BCUT2D eigenvalue weighted by atomic mass is 10.2. The second-order valence-corrected chi connectivity index (χ2v) is 8.08. The number of aryl methyl sites for hydroxylation is 1. The monoisotopic (exact) mass is 538 g/mol. The van der Waals surface area contributed by atoms with Gasteiger partial charge in [0, 0.05) is 21.4 Å². The van der Waals surface area contributed by atoms with Crippen LogP contribution < -0.4 is 21.2 Å². The molecular weight excluding hydrogens is 520 g/mol. The van der Waals surface area contributed by atoms with Gasteiger partial charge in [0.05, 0.1) is 10.9 Å². The fraction of sp³-hybridized carbons (Fsp3) is 0.200. The van der Waals surface area contributed by atoms with E-state index in [1.807, 2.05) is 13.0 Å². The van der Waals surface area contributed by atoms with Gasteiger partial charge in [-0.3, -0.25) is 14.4 Å². The number of hydrazone groups is 1. The van der Waals surface area contributed by atoms with Crippen molar-refractivity contribution in [3.63, 3.8) is 0 Å². The lowest BCUT2D eigenvalue weighted by molar-refractivity contribution is -0.123. The van der Waals surface area contributed by atoms with Crippen molar-refractivity contribution in [2.45, 2.75) is 20.3 Å². The molecule has 8 nitrogen and oxygen atoms in total. The van der Waals surface area contributed by atoms with Crippen molar-refractivity contribution in [1.82, 2.24) is 5.43 Å². The van der Waals surface area contributed by atoms with Crippen molar-refractivity contribution in [2.75, 3.05) is 11.9 Å². The SMILES string of the molecule is C/C(CC(=O)Nc1ccc(C(N)=O)cc1)=N\NC(=O)COc1cc(C)c(Br)cc1Br. The minimum atomic E-state index is -0.543. The summed E-state index contributed by atoms with van der Waals surface area (Å²) >= 11 is 6.79. The zero-order chi connectivity index (χ0) is 22.3. The molecule has 0 radical (unpaired) electrons. The average molecular weight is 540 g/mol. The van der Waals surface area contributed by atoms with E-state index >= 15 is 0 Å². The molecular formula is C20H20Br2N4O4. The topological polar surface area (TPSA) is 123 Å². The van der Waals surface area contributed by atoms with Gasteiger partial charge in [-0.25, -0.2) is 5.43 Å². The Morgan fingerprint density at radius 2 is 1.73 bits per heavy atom. The molecule has 30 heavy (non-hydrogen) atoms. The number of hydrogen-bond donors (Lipinski definition) is 3. The standard InChI is InChI=1S/C20H20Br2N4O4/c1-11-7-17(16(22)9-15(11)21)30-10-19(28)26-25-12(2)8-18(27)24-14-5-3-13(4-6-14)20(23)29/h3-7,9H,8,10H2,1-2H3,(H2,23,29)(H,24,27)(H,26,28)/b25-12+. The molecule has 0 aliphatic heterocycles. The van der Waals surface area contributed by atoms with Gasteiger partial charge in [-0.15, -0.1) is 0 Å². The highest BCUT2D eigenvalue weighted by Gasteiger charge is 2.09. The summed E-state index contributed by atoms with van der Waals surface area (Å²) in [6.45, 7) is 3.30. The van der Waals surface area contributed by atoms with E-state index in [0.717, 1.165) is 10.0 Å². The first-order valence-corrected chi connectivity index (χ1v) is 10.3. The Kier molecular flexibility index (Phi) is 8.55. The highest BCUT2D eigenvalue weighted by Crippen LogP contribution is 2.31. The second-order valence-electron chi connectivity index (χ2n) is 6.37. The third kappa shape index (κ3) is 7.27. The molecule has 0 aromatic heterocycles. The van der Waals surface area contributed by atoms with Gasteiger partial charge in [0.2, 0.25) is 11.8 Å². The number of nitrogens with two attached hydrogens (primary N) is 1.